The highest BCUT2D eigenvalue weighted by molar-refractivity contribution is 7.85. The van der Waals surface area contributed by atoms with Gasteiger partial charge in [-0.2, -0.15) is 0 Å². The molecule has 0 radical (unpaired) electrons. The lowest BCUT2D eigenvalue weighted by Gasteiger charge is -2.07. The van der Waals surface area contributed by atoms with Crippen LogP contribution in [0.15, 0.2) is 23.1 Å². The lowest BCUT2D eigenvalue weighted by molar-refractivity contribution is -0.114. The summed E-state index contributed by atoms with van der Waals surface area (Å²) in [5.41, 5.74) is 6.58. The standard InChI is InChI=1S/C11H12N2O2S/c1-3-6-16(15)9-4-5-11(10(12)7-9)13-8(2)14/h1,4-5,7H,6,12H2,2H3,(H,13,14). The van der Waals surface area contributed by atoms with Crippen molar-refractivity contribution < 1.29 is 9.00 Å². The second-order valence-electron chi connectivity index (χ2n) is 3.12. The van der Waals surface area contributed by atoms with Gasteiger partial charge in [0.05, 0.1) is 27.9 Å². The SMILES string of the molecule is C#CCS(=O)c1ccc(NC(C)=O)c(N)c1. The van der Waals surface area contributed by atoms with Crippen LogP contribution in [0.5, 0.6) is 0 Å². The number of nitrogen functional groups attached to an aromatic ring is 1. The van der Waals surface area contributed by atoms with E-state index in [0.717, 1.165) is 0 Å². The maximum atomic E-state index is 11.6. The number of hydrogen-bond acceptors (Lipinski definition) is 3. The molecule has 0 heterocycles. The third kappa shape index (κ3) is 3.11. The van der Waals surface area contributed by atoms with Gasteiger partial charge < -0.3 is 11.1 Å². The molecule has 0 fully saturated rings. The fourth-order valence-electron chi connectivity index (χ4n) is 1.14. The third-order valence-electron chi connectivity index (χ3n) is 1.81. The molecule has 0 aliphatic carbocycles. The fraction of sp³-hybridized carbons (Fsp3) is 0.182. The van der Waals surface area contributed by atoms with Gasteiger partial charge in [-0.1, -0.05) is 5.92 Å². The molecule has 16 heavy (non-hydrogen) atoms. The number of rotatable bonds is 3. The number of benzene rings is 1. The molecule has 0 bridgehead atoms. The summed E-state index contributed by atoms with van der Waals surface area (Å²) in [7, 11) is -1.24. The van der Waals surface area contributed by atoms with E-state index in [2.05, 4.69) is 11.2 Å². The van der Waals surface area contributed by atoms with Crippen molar-refractivity contribution in [2.24, 2.45) is 0 Å². The van der Waals surface area contributed by atoms with Crippen molar-refractivity contribution in [2.45, 2.75) is 11.8 Å². The van der Waals surface area contributed by atoms with E-state index < -0.39 is 10.8 Å². The molecule has 0 saturated heterocycles. The maximum absolute atomic E-state index is 11.6. The molecule has 0 aliphatic rings. The van der Waals surface area contributed by atoms with Crippen molar-refractivity contribution in [1.82, 2.24) is 0 Å². The highest BCUT2D eigenvalue weighted by atomic mass is 32.2. The molecule has 0 aromatic heterocycles. The Morgan fingerprint density at radius 1 is 1.62 bits per heavy atom. The topological polar surface area (TPSA) is 72.2 Å². The Kier molecular flexibility index (Phi) is 4.09. The smallest absolute Gasteiger partial charge is 0.221 e. The minimum Gasteiger partial charge on any atom is -0.397 e. The van der Waals surface area contributed by atoms with Gasteiger partial charge in [-0.15, -0.1) is 6.42 Å². The summed E-state index contributed by atoms with van der Waals surface area (Å²) in [6.45, 7) is 1.39. The average Bonchev–Trinajstić information content (AvgIpc) is 2.20. The first-order chi connectivity index (χ1) is 7.54. The molecule has 5 heteroatoms. The van der Waals surface area contributed by atoms with Gasteiger partial charge in [0, 0.05) is 11.8 Å². The van der Waals surface area contributed by atoms with Crippen molar-refractivity contribution in [1.29, 1.82) is 0 Å². The number of carbonyl (C=O) groups is 1. The van der Waals surface area contributed by atoms with E-state index >= 15 is 0 Å². The number of hydrogen-bond donors (Lipinski definition) is 2. The van der Waals surface area contributed by atoms with Crippen LogP contribution in [0.1, 0.15) is 6.92 Å². The number of terminal acetylenes is 1. The molecular weight excluding hydrogens is 224 g/mol. The van der Waals surface area contributed by atoms with E-state index in [1.165, 1.54) is 6.92 Å². The first kappa shape index (κ1) is 12.3. The number of amides is 1. The number of nitrogens with two attached hydrogens (primary N) is 1. The van der Waals surface area contributed by atoms with Crippen LogP contribution in [0.2, 0.25) is 0 Å². The maximum Gasteiger partial charge on any atom is 0.221 e. The Hall–Kier alpha value is -1.80. The summed E-state index contributed by atoms with van der Waals surface area (Å²) in [4.78, 5) is 11.4. The molecule has 1 aromatic rings. The summed E-state index contributed by atoms with van der Waals surface area (Å²) < 4.78 is 11.6. The molecular formula is C11H12N2O2S. The van der Waals surface area contributed by atoms with Gasteiger partial charge in [0.15, 0.2) is 0 Å². The van der Waals surface area contributed by atoms with Crippen molar-refractivity contribution >= 4 is 28.1 Å². The minimum atomic E-state index is -1.24. The van der Waals surface area contributed by atoms with Crippen molar-refractivity contribution in [3.8, 4) is 12.3 Å². The molecule has 1 amide bonds. The zero-order chi connectivity index (χ0) is 12.1. The van der Waals surface area contributed by atoms with E-state index in [1.54, 1.807) is 18.2 Å². The van der Waals surface area contributed by atoms with Gasteiger partial charge in [-0.05, 0) is 18.2 Å². The average molecular weight is 236 g/mol. The number of carbonyl (C=O) groups excluding carboxylic acids is 1. The third-order valence-corrected chi connectivity index (χ3v) is 3.02. The van der Waals surface area contributed by atoms with E-state index in [9.17, 15) is 9.00 Å². The lowest BCUT2D eigenvalue weighted by Crippen LogP contribution is -2.08. The van der Waals surface area contributed by atoms with Crippen LogP contribution in [0, 0.1) is 12.3 Å². The van der Waals surface area contributed by atoms with Gasteiger partial charge in [0.1, 0.15) is 0 Å². The van der Waals surface area contributed by atoms with Gasteiger partial charge in [0.2, 0.25) is 5.91 Å². The van der Waals surface area contributed by atoms with Gasteiger partial charge in [-0.3, -0.25) is 9.00 Å². The zero-order valence-corrected chi connectivity index (χ0v) is 9.64. The van der Waals surface area contributed by atoms with Crippen LogP contribution in [0.25, 0.3) is 0 Å². The summed E-state index contributed by atoms with van der Waals surface area (Å²) in [6, 6.07) is 4.80. The van der Waals surface area contributed by atoms with E-state index in [1.807, 2.05) is 0 Å². The molecule has 1 aromatic carbocycles. The van der Waals surface area contributed by atoms with Crippen LogP contribution in [0.4, 0.5) is 11.4 Å². The monoisotopic (exact) mass is 236 g/mol. The Morgan fingerprint density at radius 3 is 2.81 bits per heavy atom. The lowest BCUT2D eigenvalue weighted by atomic mass is 10.2. The van der Waals surface area contributed by atoms with Crippen LogP contribution in [-0.4, -0.2) is 15.9 Å². The molecule has 0 spiro atoms. The second kappa shape index (κ2) is 5.33. The van der Waals surface area contributed by atoms with Crippen molar-refractivity contribution in [2.75, 3.05) is 16.8 Å². The first-order valence-corrected chi connectivity index (χ1v) is 5.85. The Morgan fingerprint density at radius 2 is 2.31 bits per heavy atom. The second-order valence-corrected chi connectivity index (χ2v) is 4.58. The van der Waals surface area contributed by atoms with Gasteiger partial charge >= 0.3 is 0 Å². The fourth-order valence-corrected chi connectivity index (χ4v) is 1.94. The molecule has 84 valence electrons. The quantitative estimate of drug-likeness (QED) is 0.606. The zero-order valence-electron chi connectivity index (χ0n) is 8.82. The summed E-state index contributed by atoms with van der Waals surface area (Å²) >= 11 is 0. The van der Waals surface area contributed by atoms with Crippen LogP contribution in [-0.2, 0) is 15.6 Å². The van der Waals surface area contributed by atoms with Crippen LogP contribution < -0.4 is 11.1 Å². The van der Waals surface area contributed by atoms with E-state index in [0.29, 0.717) is 16.3 Å². The highest BCUT2D eigenvalue weighted by Gasteiger charge is 2.06. The summed E-state index contributed by atoms with van der Waals surface area (Å²) in [5, 5.41) is 2.57. The van der Waals surface area contributed by atoms with Crippen LogP contribution >= 0.6 is 0 Å². The van der Waals surface area contributed by atoms with Crippen molar-refractivity contribution in [3.63, 3.8) is 0 Å². The Bertz CT molecular complexity index is 477. The first-order valence-electron chi connectivity index (χ1n) is 4.53. The number of anilines is 2. The summed E-state index contributed by atoms with van der Waals surface area (Å²) in [5.74, 6) is 2.27. The molecule has 1 unspecified atom stereocenters. The summed E-state index contributed by atoms with van der Waals surface area (Å²) in [6.07, 6.45) is 5.07. The molecule has 0 aliphatic heterocycles. The van der Waals surface area contributed by atoms with E-state index in [4.69, 9.17) is 12.2 Å². The largest absolute Gasteiger partial charge is 0.397 e. The molecule has 1 rings (SSSR count). The van der Waals surface area contributed by atoms with Crippen molar-refractivity contribution in [3.05, 3.63) is 18.2 Å². The normalized spacial score (nSPS) is 11.5. The van der Waals surface area contributed by atoms with Crippen LogP contribution in [0.3, 0.4) is 0 Å². The molecule has 0 saturated carbocycles. The predicted molar refractivity (Wildman–Crippen MR) is 65.3 cm³/mol. The van der Waals surface area contributed by atoms with Gasteiger partial charge in [-0.25, -0.2) is 0 Å². The molecule has 1 atom stereocenters. The van der Waals surface area contributed by atoms with Gasteiger partial charge in [0.25, 0.3) is 0 Å². The van der Waals surface area contributed by atoms with E-state index in [-0.39, 0.29) is 11.7 Å². The Labute approximate surface area is 96.7 Å². The Balaban J connectivity index is 2.95. The number of nitrogens with one attached hydrogen (secondary N) is 1. The highest BCUT2D eigenvalue weighted by Crippen LogP contribution is 2.21. The molecule has 3 N–H and O–H groups in total. The minimum absolute atomic E-state index is 0.152. The predicted octanol–water partition coefficient (Wildman–Crippen LogP) is 0.968. The molecule has 4 nitrogen and oxygen atoms in total.